The Kier molecular flexibility index (Phi) is 8.94. The van der Waals surface area contributed by atoms with Crippen LogP contribution in [0.25, 0.3) is 55.2 Å². The molecule has 0 aliphatic rings. The molecule has 0 aliphatic heterocycles. The van der Waals surface area contributed by atoms with Crippen molar-refractivity contribution in [3.05, 3.63) is 146 Å². The zero-order valence-electron chi connectivity index (χ0n) is 25.0. The predicted molar refractivity (Wildman–Crippen MR) is 183 cm³/mol. The van der Waals surface area contributed by atoms with Crippen molar-refractivity contribution in [2.24, 2.45) is 0 Å². The fraction of sp³-hybridized carbons (Fsp3) is 0.128. The quantitative estimate of drug-likeness (QED) is 0.153. The van der Waals surface area contributed by atoms with E-state index in [2.05, 4.69) is 141 Å². The van der Waals surface area contributed by atoms with Crippen LogP contribution in [-0.2, 0) is 0 Å². The molecule has 0 saturated heterocycles. The minimum Gasteiger partial charge on any atom is -0.314 e. The summed E-state index contributed by atoms with van der Waals surface area (Å²) >= 11 is 0. The molecule has 206 valence electrons. The molecule has 0 atom stereocenters. The molecule has 0 aliphatic carbocycles. The third kappa shape index (κ3) is 5.10. The lowest BCUT2D eigenvalue weighted by Crippen LogP contribution is -1.97. The lowest BCUT2D eigenvalue weighted by molar-refractivity contribution is 1.04. The Hall–Kier alpha value is -4.82. The second-order valence-corrected chi connectivity index (χ2v) is 9.73. The second-order valence-electron chi connectivity index (χ2n) is 9.73. The van der Waals surface area contributed by atoms with Crippen LogP contribution in [0.1, 0.15) is 30.7 Å². The van der Waals surface area contributed by atoms with Gasteiger partial charge in [-0.2, -0.15) is 0 Å². The molecule has 6 aromatic rings. The number of rotatable bonds is 5. The molecular formula is C39H40N2. The highest BCUT2D eigenvalue weighted by Gasteiger charge is 2.16. The summed E-state index contributed by atoms with van der Waals surface area (Å²) in [4.78, 5) is 0. The van der Waals surface area contributed by atoms with Gasteiger partial charge < -0.3 is 9.13 Å². The molecule has 2 heterocycles. The van der Waals surface area contributed by atoms with Gasteiger partial charge in [-0.1, -0.05) is 81.6 Å². The van der Waals surface area contributed by atoms with Gasteiger partial charge in [0.15, 0.2) is 0 Å². The summed E-state index contributed by atoms with van der Waals surface area (Å²) in [5, 5.41) is 3.75. The average molecular weight is 537 g/mol. The number of nitrogens with zero attached hydrogens (tertiary/aromatic N) is 2. The summed E-state index contributed by atoms with van der Waals surface area (Å²) in [6.45, 7) is 24.5. The number of fused-ring (bicyclic) bond motifs is 4. The standard InChI is InChI=1S/C35H30N2.C2H6.C2H4/c1-6-11-28(7-2)37-33-15-9-8-14-31(33)32-21-26(17-19-34(32)37)27-16-18-30-24(4)25(5)36(35(30)22-27)29-13-10-12-23(3)20-29;2*1-2/h6-22H,1-2H2,3-5H3;1-2H3;1-2H2/b28-11+;;. The summed E-state index contributed by atoms with van der Waals surface area (Å²) in [7, 11) is 0. The molecule has 41 heavy (non-hydrogen) atoms. The number of allylic oxidation sites excluding steroid dienone is 4. The number of benzene rings is 4. The highest BCUT2D eigenvalue weighted by molar-refractivity contribution is 6.11. The van der Waals surface area contributed by atoms with E-state index in [9.17, 15) is 0 Å². The number of para-hydroxylation sites is 1. The molecule has 0 bridgehead atoms. The van der Waals surface area contributed by atoms with Crippen molar-refractivity contribution in [3.8, 4) is 16.8 Å². The Morgan fingerprint density at radius 2 is 1.34 bits per heavy atom. The van der Waals surface area contributed by atoms with E-state index in [1.807, 2.05) is 32.1 Å². The lowest BCUT2D eigenvalue weighted by atomic mass is 10.0. The SMILES string of the molecule is C=C.C=C/C=C(\C=C)n1c2ccccc2c2cc(-c3ccc4c(C)c(C)n(-c5cccc(C)c5)c4c3)ccc21.CC. The van der Waals surface area contributed by atoms with Crippen LogP contribution in [-0.4, -0.2) is 9.13 Å². The maximum atomic E-state index is 4.05. The summed E-state index contributed by atoms with van der Waals surface area (Å²) in [6, 6.07) is 30.9. The van der Waals surface area contributed by atoms with Gasteiger partial charge in [0.05, 0.1) is 16.6 Å². The van der Waals surface area contributed by atoms with Crippen molar-refractivity contribution in [1.82, 2.24) is 9.13 Å². The van der Waals surface area contributed by atoms with Crippen molar-refractivity contribution in [1.29, 1.82) is 0 Å². The fourth-order valence-electron chi connectivity index (χ4n) is 5.64. The Morgan fingerprint density at radius 3 is 2.05 bits per heavy atom. The molecular weight excluding hydrogens is 496 g/mol. The van der Waals surface area contributed by atoms with E-state index in [4.69, 9.17) is 0 Å². The van der Waals surface area contributed by atoms with Gasteiger partial charge in [-0.05, 0) is 91.6 Å². The first-order valence-corrected chi connectivity index (χ1v) is 14.2. The molecule has 0 unspecified atom stereocenters. The van der Waals surface area contributed by atoms with Gasteiger partial charge in [-0.25, -0.2) is 0 Å². The van der Waals surface area contributed by atoms with Gasteiger partial charge in [0, 0.05) is 33.2 Å². The molecule has 0 spiro atoms. The topological polar surface area (TPSA) is 9.86 Å². The van der Waals surface area contributed by atoms with Crippen LogP contribution in [0.5, 0.6) is 0 Å². The van der Waals surface area contributed by atoms with Gasteiger partial charge in [-0.3, -0.25) is 0 Å². The highest BCUT2D eigenvalue weighted by atomic mass is 15.0. The summed E-state index contributed by atoms with van der Waals surface area (Å²) in [6.07, 6.45) is 5.71. The van der Waals surface area contributed by atoms with Crippen LogP contribution in [0.15, 0.2) is 129 Å². The highest BCUT2D eigenvalue weighted by Crippen LogP contribution is 2.37. The van der Waals surface area contributed by atoms with E-state index in [1.54, 1.807) is 0 Å². The largest absolute Gasteiger partial charge is 0.314 e. The number of hydrogen-bond acceptors (Lipinski definition) is 0. The smallest absolute Gasteiger partial charge is 0.0541 e. The molecule has 0 amide bonds. The third-order valence-corrected chi connectivity index (χ3v) is 7.54. The van der Waals surface area contributed by atoms with Gasteiger partial charge in [-0.15, -0.1) is 13.2 Å². The van der Waals surface area contributed by atoms with E-state index >= 15 is 0 Å². The fourth-order valence-corrected chi connectivity index (χ4v) is 5.64. The monoisotopic (exact) mass is 536 g/mol. The zero-order chi connectivity index (χ0) is 29.7. The zero-order valence-corrected chi connectivity index (χ0v) is 25.0. The van der Waals surface area contributed by atoms with E-state index in [-0.39, 0.29) is 0 Å². The van der Waals surface area contributed by atoms with E-state index in [0.717, 1.165) is 16.7 Å². The van der Waals surface area contributed by atoms with Crippen molar-refractivity contribution in [2.45, 2.75) is 34.6 Å². The molecule has 6 rings (SSSR count). The summed E-state index contributed by atoms with van der Waals surface area (Å²) in [5.74, 6) is 0. The third-order valence-electron chi connectivity index (χ3n) is 7.54. The van der Waals surface area contributed by atoms with Crippen LogP contribution >= 0.6 is 0 Å². The average Bonchev–Trinajstić information content (AvgIpc) is 3.48. The Bertz CT molecular complexity index is 1910. The Balaban J connectivity index is 0.000000929. The van der Waals surface area contributed by atoms with Gasteiger partial charge >= 0.3 is 0 Å². The predicted octanol–water partition coefficient (Wildman–Crippen LogP) is 11.4. The van der Waals surface area contributed by atoms with Crippen LogP contribution in [0.3, 0.4) is 0 Å². The summed E-state index contributed by atoms with van der Waals surface area (Å²) < 4.78 is 4.66. The normalized spacial score (nSPS) is 11.1. The molecule has 4 aromatic carbocycles. The van der Waals surface area contributed by atoms with Crippen molar-refractivity contribution in [3.63, 3.8) is 0 Å². The van der Waals surface area contributed by atoms with Gasteiger partial charge in [0.2, 0.25) is 0 Å². The second kappa shape index (κ2) is 12.6. The molecule has 0 N–H and O–H groups in total. The molecule has 0 fully saturated rings. The first-order valence-electron chi connectivity index (χ1n) is 14.2. The molecule has 2 nitrogen and oxygen atoms in total. The summed E-state index contributed by atoms with van der Waals surface area (Å²) in [5.41, 5.74) is 12.1. The maximum absolute atomic E-state index is 4.05. The first kappa shape index (κ1) is 29.2. The molecule has 2 aromatic heterocycles. The number of aryl methyl sites for hydroxylation is 2. The van der Waals surface area contributed by atoms with Crippen LogP contribution in [0.2, 0.25) is 0 Å². The van der Waals surface area contributed by atoms with E-state index < -0.39 is 0 Å². The lowest BCUT2D eigenvalue weighted by Gasteiger charge is -2.11. The van der Waals surface area contributed by atoms with Crippen molar-refractivity contribution in [2.75, 3.05) is 0 Å². The van der Waals surface area contributed by atoms with Crippen molar-refractivity contribution >= 4 is 38.4 Å². The molecule has 0 radical (unpaired) electrons. The van der Waals surface area contributed by atoms with Gasteiger partial charge in [0.25, 0.3) is 0 Å². The van der Waals surface area contributed by atoms with Crippen LogP contribution in [0, 0.1) is 20.8 Å². The minimum atomic E-state index is 1.01. The van der Waals surface area contributed by atoms with Crippen molar-refractivity contribution < 1.29 is 0 Å². The Morgan fingerprint density at radius 1 is 0.659 bits per heavy atom. The minimum absolute atomic E-state index is 1.01. The van der Waals surface area contributed by atoms with E-state index in [1.165, 1.54) is 55.3 Å². The molecule has 2 heteroatoms. The number of aromatic nitrogens is 2. The van der Waals surface area contributed by atoms with Gasteiger partial charge in [0.1, 0.15) is 0 Å². The number of hydrogen-bond donors (Lipinski definition) is 0. The Labute approximate surface area is 244 Å². The first-order chi connectivity index (χ1) is 20.0. The maximum Gasteiger partial charge on any atom is 0.0541 e. The van der Waals surface area contributed by atoms with Crippen LogP contribution in [0.4, 0.5) is 0 Å². The van der Waals surface area contributed by atoms with Crippen LogP contribution < -0.4 is 0 Å². The van der Waals surface area contributed by atoms with E-state index in [0.29, 0.717) is 0 Å². The molecule has 0 saturated carbocycles.